The zero-order valence-corrected chi connectivity index (χ0v) is 11.2. The lowest BCUT2D eigenvalue weighted by Crippen LogP contribution is -2.13. The van der Waals surface area contributed by atoms with Gasteiger partial charge in [0, 0.05) is 24.5 Å². The van der Waals surface area contributed by atoms with Gasteiger partial charge in [-0.3, -0.25) is 4.79 Å². The molecule has 3 rings (SSSR count). The number of benzene rings is 1. The number of carbonyl (C=O) groups is 1. The van der Waals surface area contributed by atoms with E-state index in [0.29, 0.717) is 4.80 Å². The van der Waals surface area contributed by atoms with Crippen molar-refractivity contribution >= 4 is 17.2 Å². The Morgan fingerprint density at radius 2 is 2.37 bits per heavy atom. The maximum absolute atomic E-state index is 13.1. The Balaban J connectivity index is 1.77. The number of thiazole rings is 1. The zero-order chi connectivity index (χ0) is 13.4. The number of aromatic nitrogens is 1. The monoisotopic (exact) mass is 276 g/mol. The predicted molar refractivity (Wildman–Crippen MR) is 71.1 cm³/mol. The number of rotatable bonds is 2. The van der Waals surface area contributed by atoms with E-state index in [2.05, 4.69) is 4.99 Å². The van der Waals surface area contributed by atoms with Crippen molar-refractivity contribution in [1.29, 1.82) is 0 Å². The zero-order valence-electron chi connectivity index (χ0n) is 10.4. The van der Waals surface area contributed by atoms with E-state index in [4.69, 9.17) is 0 Å². The lowest BCUT2D eigenvalue weighted by molar-refractivity contribution is -0.119. The number of halogens is 1. The molecule has 1 aliphatic rings. The van der Waals surface area contributed by atoms with Gasteiger partial charge in [0.15, 0.2) is 4.80 Å². The summed E-state index contributed by atoms with van der Waals surface area (Å²) in [6.07, 6.45) is 2.63. The molecular weight excluding hydrogens is 263 g/mol. The SMILES string of the molecule is Cn1ccsc1=NC(=O)C1CC1c1cccc(F)c1. The standard InChI is InChI=1S/C14H13FN2OS/c1-17-5-6-19-14(17)16-13(18)12-8-11(12)9-3-2-4-10(15)7-9/h2-7,11-12H,8H2,1H3. The van der Waals surface area contributed by atoms with Crippen molar-refractivity contribution in [2.45, 2.75) is 12.3 Å². The summed E-state index contributed by atoms with van der Waals surface area (Å²) in [5, 5.41) is 1.89. The van der Waals surface area contributed by atoms with Crippen LogP contribution in [0.5, 0.6) is 0 Å². The van der Waals surface area contributed by atoms with Crippen molar-refractivity contribution in [1.82, 2.24) is 4.57 Å². The number of nitrogens with zero attached hydrogens (tertiary/aromatic N) is 2. The summed E-state index contributed by atoms with van der Waals surface area (Å²) in [6.45, 7) is 0. The quantitative estimate of drug-likeness (QED) is 0.829. The highest BCUT2D eigenvalue weighted by Crippen LogP contribution is 2.48. The van der Waals surface area contributed by atoms with E-state index in [0.717, 1.165) is 12.0 Å². The van der Waals surface area contributed by atoms with Gasteiger partial charge in [0.05, 0.1) is 0 Å². The molecule has 2 aromatic rings. The van der Waals surface area contributed by atoms with Crippen LogP contribution in [-0.2, 0) is 11.8 Å². The van der Waals surface area contributed by atoms with E-state index < -0.39 is 0 Å². The third-order valence-electron chi connectivity index (χ3n) is 3.35. The van der Waals surface area contributed by atoms with Crippen molar-refractivity contribution < 1.29 is 9.18 Å². The van der Waals surface area contributed by atoms with Gasteiger partial charge in [0.1, 0.15) is 5.82 Å². The van der Waals surface area contributed by atoms with E-state index >= 15 is 0 Å². The van der Waals surface area contributed by atoms with Crippen LogP contribution in [0.25, 0.3) is 0 Å². The molecule has 3 nitrogen and oxygen atoms in total. The summed E-state index contributed by atoms with van der Waals surface area (Å²) in [6, 6.07) is 6.47. The van der Waals surface area contributed by atoms with Crippen molar-refractivity contribution in [3.8, 4) is 0 Å². The van der Waals surface area contributed by atoms with Gasteiger partial charge in [-0.25, -0.2) is 4.39 Å². The molecule has 5 heteroatoms. The average molecular weight is 276 g/mol. The minimum Gasteiger partial charge on any atom is -0.327 e. The number of carbonyl (C=O) groups excluding carboxylic acids is 1. The second-order valence-electron chi connectivity index (χ2n) is 4.75. The molecule has 1 amide bonds. The number of hydrogen-bond acceptors (Lipinski definition) is 2. The summed E-state index contributed by atoms with van der Waals surface area (Å²) in [5.41, 5.74) is 0.893. The summed E-state index contributed by atoms with van der Waals surface area (Å²) >= 11 is 1.44. The topological polar surface area (TPSA) is 34.4 Å². The molecule has 1 aliphatic carbocycles. The average Bonchev–Trinajstić information content (AvgIpc) is 3.09. The van der Waals surface area contributed by atoms with Gasteiger partial charge in [0.25, 0.3) is 5.91 Å². The van der Waals surface area contributed by atoms with Gasteiger partial charge in [0.2, 0.25) is 0 Å². The maximum atomic E-state index is 13.1. The number of hydrogen-bond donors (Lipinski definition) is 0. The molecular formula is C14H13FN2OS. The van der Waals surface area contributed by atoms with E-state index in [1.807, 2.05) is 29.3 Å². The van der Waals surface area contributed by atoms with Crippen molar-refractivity contribution in [3.05, 3.63) is 52.0 Å². The molecule has 0 spiro atoms. The fraction of sp³-hybridized carbons (Fsp3) is 0.286. The van der Waals surface area contributed by atoms with Crippen LogP contribution in [0.2, 0.25) is 0 Å². The van der Waals surface area contributed by atoms with Crippen LogP contribution in [0.1, 0.15) is 17.9 Å². The molecule has 1 heterocycles. The molecule has 1 aromatic carbocycles. The molecule has 0 aliphatic heterocycles. The Labute approximate surface area is 114 Å². The smallest absolute Gasteiger partial charge is 0.252 e. The van der Waals surface area contributed by atoms with Crippen molar-refractivity contribution in [3.63, 3.8) is 0 Å². The van der Waals surface area contributed by atoms with E-state index in [9.17, 15) is 9.18 Å². The number of aryl methyl sites for hydroxylation is 1. The fourth-order valence-corrected chi connectivity index (χ4v) is 2.92. The lowest BCUT2D eigenvalue weighted by Gasteiger charge is -1.98. The first-order valence-corrected chi connectivity index (χ1v) is 6.97. The minimum atomic E-state index is -0.253. The highest BCUT2D eigenvalue weighted by atomic mass is 32.1. The summed E-state index contributed by atoms with van der Waals surface area (Å²) in [4.78, 5) is 16.9. The minimum absolute atomic E-state index is 0.0936. The molecule has 0 saturated heterocycles. The molecule has 2 atom stereocenters. The Hall–Kier alpha value is -1.75. The lowest BCUT2D eigenvalue weighted by atomic mass is 10.1. The Morgan fingerprint density at radius 1 is 1.53 bits per heavy atom. The van der Waals surface area contributed by atoms with E-state index in [-0.39, 0.29) is 23.6 Å². The summed E-state index contributed by atoms with van der Waals surface area (Å²) in [5.74, 6) is -0.328. The molecule has 1 saturated carbocycles. The Morgan fingerprint density at radius 3 is 3.05 bits per heavy atom. The first kappa shape index (κ1) is 12.3. The van der Waals surface area contributed by atoms with Crippen molar-refractivity contribution in [2.75, 3.05) is 0 Å². The Bertz CT molecular complexity index is 689. The third kappa shape index (κ3) is 2.51. The highest BCUT2D eigenvalue weighted by Gasteiger charge is 2.44. The van der Waals surface area contributed by atoms with Crippen LogP contribution in [0.4, 0.5) is 4.39 Å². The highest BCUT2D eigenvalue weighted by molar-refractivity contribution is 7.07. The largest absolute Gasteiger partial charge is 0.327 e. The first-order chi connectivity index (χ1) is 9.15. The number of amides is 1. The van der Waals surface area contributed by atoms with Gasteiger partial charge in [-0.15, -0.1) is 11.3 Å². The molecule has 0 N–H and O–H groups in total. The predicted octanol–water partition coefficient (Wildman–Crippen LogP) is 2.46. The van der Waals surface area contributed by atoms with E-state index in [1.54, 1.807) is 6.07 Å². The normalized spacial score (nSPS) is 22.5. The second kappa shape index (κ2) is 4.74. The molecule has 1 fully saturated rings. The fourth-order valence-electron chi connectivity index (χ4n) is 2.19. The van der Waals surface area contributed by atoms with Gasteiger partial charge in [-0.2, -0.15) is 4.99 Å². The first-order valence-electron chi connectivity index (χ1n) is 6.09. The van der Waals surface area contributed by atoms with Gasteiger partial charge < -0.3 is 4.57 Å². The Kier molecular flexibility index (Phi) is 3.06. The third-order valence-corrected chi connectivity index (χ3v) is 4.20. The van der Waals surface area contributed by atoms with Crippen molar-refractivity contribution in [2.24, 2.45) is 18.0 Å². The van der Waals surface area contributed by atoms with Gasteiger partial charge in [-0.05, 0) is 30.0 Å². The molecule has 19 heavy (non-hydrogen) atoms. The molecule has 0 bridgehead atoms. The molecule has 0 radical (unpaired) electrons. The maximum Gasteiger partial charge on any atom is 0.252 e. The molecule has 98 valence electrons. The van der Waals surface area contributed by atoms with Gasteiger partial charge >= 0.3 is 0 Å². The summed E-state index contributed by atoms with van der Waals surface area (Å²) < 4.78 is 15.0. The van der Waals surface area contributed by atoms with Crippen LogP contribution in [0.3, 0.4) is 0 Å². The molecule has 1 aromatic heterocycles. The summed E-state index contributed by atoms with van der Waals surface area (Å²) in [7, 11) is 1.86. The van der Waals surface area contributed by atoms with Gasteiger partial charge in [-0.1, -0.05) is 12.1 Å². The van der Waals surface area contributed by atoms with Crippen LogP contribution in [0, 0.1) is 11.7 Å². The van der Waals surface area contributed by atoms with Crippen LogP contribution < -0.4 is 4.80 Å². The van der Waals surface area contributed by atoms with Crippen LogP contribution in [0.15, 0.2) is 40.8 Å². The van der Waals surface area contributed by atoms with Crippen LogP contribution in [-0.4, -0.2) is 10.5 Å². The molecule has 2 unspecified atom stereocenters. The van der Waals surface area contributed by atoms with Crippen LogP contribution >= 0.6 is 11.3 Å². The van der Waals surface area contributed by atoms with E-state index in [1.165, 1.54) is 23.5 Å². The second-order valence-corrected chi connectivity index (χ2v) is 5.62.